The molecule has 0 aliphatic carbocycles. The van der Waals surface area contributed by atoms with E-state index in [1.54, 1.807) is 43.1 Å². The highest BCUT2D eigenvalue weighted by molar-refractivity contribution is 8.00. The minimum atomic E-state index is -2.94. The second kappa shape index (κ2) is 10.0. The Morgan fingerprint density at radius 1 is 1.37 bits per heavy atom. The van der Waals surface area contributed by atoms with Crippen LogP contribution < -0.4 is 4.74 Å². The van der Waals surface area contributed by atoms with E-state index in [4.69, 9.17) is 20.8 Å². The van der Waals surface area contributed by atoms with E-state index >= 15 is 0 Å². The van der Waals surface area contributed by atoms with Gasteiger partial charge in [0.25, 0.3) is 5.22 Å². The van der Waals surface area contributed by atoms with Crippen LogP contribution in [0.5, 0.6) is 5.75 Å². The van der Waals surface area contributed by atoms with Gasteiger partial charge in [-0.05, 0) is 43.5 Å². The standard InChI is InChI=1S/C19H24ClN3O5S2/c1-13(18(24)23(2)8-9-27-16-5-3-15(20)4-6-16)29-19-22-21-17(28-19)11-14-7-10-30(25,26)12-14/h3-6,13-14H,7-12H2,1-2H3. The van der Waals surface area contributed by atoms with Crippen molar-refractivity contribution in [1.82, 2.24) is 15.1 Å². The van der Waals surface area contributed by atoms with Gasteiger partial charge < -0.3 is 14.1 Å². The van der Waals surface area contributed by atoms with Gasteiger partial charge in [-0.25, -0.2) is 8.42 Å². The first-order valence-electron chi connectivity index (χ1n) is 9.54. The van der Waals surface area contributed by atoms with Crippen LogP contribution in [-0.2, 0) is 21.1 Å². The number of sulfone groups is 1. The van der Waals surface area contributed by atoms with Gasteiger partial charge in [0.15, 0.2) is 9.84 Å². The summed E-state index contributed by atoms with van der Waals surface area (Å²) in [6.07, 6.45) is 1.06. The number of amides is 1. The van der Waals surface area contributed by atoms with Crippen molar-refractivity contribution < 1.29 is 22.4 Å². The minimum Gasteiger partial charge on any atom is -0.492 e. The van der Waals surface area contributed by atoms with Gasteiger partial charge >= 0.3 is 0 Å². The zero-order valence-corrected chi connectivity index (χ0v) is 19.2. The molecule has 2 unspecified atom stereocenters. The maximum absolute atomic E-state index is 12.6. The molecule has 30 heavy (non-hydrogen) atoms. The van der Waals surface area contributed by atoms with E-state index in [1.165, 1.54) is 11.8 Å². The van der Waals surface area contributed by atoms with Crippen molar-refractivity contribution in [3.05, 3.63) is 35.2 Å². The van der Waals surface area contributed by atoms with Crippen LogP contribution in [0.15, 0.2) is 33.9 Å². The molecule has 2 heterocycles. The zero-order chi connectivity index (χ0) is 21.7. The normalized spacial score (nSPS) is 18.8. The first kappa shape index (κ1) is 22.9. The van der Waals surface area contributed by atoms with Crippen molar-refractivity contribution in [3.8, 4) is 5.75 Å². The molecule has 1 fully saturated rings. The van der Waals surface area contributed by atoms with E-state index < -0.39 is 15.1 Å². The smallest absolute Gasteiger partial charge is 0.277 e. The van der Waals surface area contributed by atoms with Crippen LogP contribution >= 0.6 is 23.4 Å². The molecule has 1 aliphatic rings. The van der Waals surface area contributed by atoms with Crippen molar-refractivity contribution in [2.75, 3.05) is 31.7 Å². The van der Waals surface area contributed by atoms with Crippen LogP contribution in [0.3, 0.4) is 0 Å². The lowest BCUT2D eigenvalue weighted by molar-refractivity contribution is -0.129. The largest absolute Gasteiger partial charge is 0.492 e. The number of nitrogens with zero attached hydrogens (tertiary/aromatic N) is 3. The third-order valence-electron chi connectivity index (χ3n) is 4.75. The van der Waals surface area contributed by atoms with E-state index in [2.05, 4.69) is 10.2 Å². The molecule has 1 aromatic carbocycles. The molecule has 0 saturated carbocycles. The minimum absolute atomic E-state index is 0.0131. The lowest BCUT2D eigenvalue weighted by Gasteiger charge is -2.20. The topological polar surface area (TPSA) is 103 Å². The predicted molar refractivity (Wildman–Crippen MR) is 115 cm³/mol. The predicted octanol–water partition coefficient (Wildman–Crippen LogP) is 2.72. The van der Waals surface area contributed by atoms with Gasteiger partial charge in [-0.3, -0.25) is 4.79 Å². The Hall–Kier alpha value is -1.78. The molecule has 11 heteroatoms. The number of ether oxygens (including phenoxy) is 1. The molecule has 1 saturated heterocycles. The van der Waals surface area contributed by atoms with Crippen molar-refractivity contribution in [3.63, 3.8) is 0 Å². The van der Waals surface area contributed by atoms with Crippen LogP contribution in [0.4, 0.5) is 0 Å². The third-order valence-corrected chi connectivity index (χ3v) is 7.76. The van der Waals surface area contributed by atoms with Crippen LogP contribution in [0.1, 0.15) is 19.2 Å². The average Bonchev–Trinajstić information content (AvgIpc) is 3.28. The Bertz CT molecular complexity index is 965. The van der Waals surface area contributed by atoms with Crippen molar-refractivity contribution in [1.29, 1.82) is 0 Å². The highest BCUT2D eigenvalue weighted by Gasteiger charge is 2.29. The zero-order valence-electron chi connectivity index (χ0n) is 16.8. The molecule has 0 bridgehead atoms. The Morgan fingerprint density at radius 2 is 2.10 bits per heavy atom. The number of benzene rings is 1. The number of carbonyl (C=O) groups excluding carboxylic acids is 1. The van der Waals surface area contributed by atoms with Gasteiger partial charge in [-0.1, -0.05) is 23.4 Å². The molecule has 1 aromatic heterocycles. The molecule has 8 nitrogen and oxygen atoms in total. The molecule has 0 N–H and O–H groups in total. The van der Waals surface area contributed by atoms with Gasteiger partial charge in [0.2, 0.25) is 11.8 Å². The highest BCUT2D eigenvalue weighted by Crippen LogP contribution is 2.26. The van der Waals surface area contributed by atoms with Crippen LogP contribution in [0.25, 0.3) is 0 Å². The van der Waals surface area contributed by atoms with Crippen LogP contribution in [0.2, 0.25) is 5.02 Å². The second-order valence-electron chi connectivity index (χ2n) is 7.26. The number of likely N-dealkylation sites (N-methyl/N-ethyl adjacent to an activating group) is 1. The van der Waals surface area contributed by atoms with Gasteiger partial charge in [0.1, 0.15) is 12.4 Å². The Labute approximate surface area is 185 Å². The first-order valence-corrected chi connectivity index (χ1v) is 12.6. The number of rotatable bonds is 9. The van der Waals surface area contributed by atoms with E-state index in [-0.39, 0.29) is 23.3 Å². The molecule has 3 rings (SSSR count). The number of hydrogen-bond donors (Lipinski definition) is 0. The van der Waals surface area contributed by atoms with Crippen LogP contribution in [-0.4, -0.2) is 66.4 Å². The van der Waals surface area contributed by atoms with Crippen molar-refractivity contribution in [2.45, 2.75) is 30.2 Å². The highest BCUT2D eigenvalue weighted by atomic mass is 35.5. The third kappa shape index (κ3) is 6.61. The Morgan fingerprint density at radius 3 is 2.77 bits per heavy atom. The monoisotopic (exact) mass is 473 g/mol. The number of aromatic nitrogens is 2. The SMILES string of the molecule is CC(Sc1nnc(CC2CCS(=O)(=O)C2)o1)C(=O)N(C)CCOc1ccc(Cl)cc1. The number of carbonyl (C=O) groups is 1. The fourth-order valence-corrected chi connectivity index (χ4v) is 5.91. The average molecular weight is 474 g/mol. The van der Waals surface area contributed by atoms with E-state index in [0.717, 1.165) is 0 Å². The summed E-state index contributed by atoms with van der Waals surface area (Å²) in [6, 6.07) is 7.04. The molecule has 0 radical (unpaired) electrons. The van der Waals surface area contributed by atoms with E-state index in [9.17, 15) is 13.2 Å². The molecule has 2 aromatic rings. The molecule has 164 valence electrons. The fraction of sp³-hybridized carbons (Fsp3) is 0.526. The molecule has 2 atom stereocenters. The second-order valence-corrected chi connectivity index (χ2v) is 11.2. The van der Waals surface area contributed by atoms with Crippen LogP contribution in [0, 0.1) is 5.92 Å². The lowest BCUT2D eigenvalue weighted by Crippen LogP contribution is -2.36. The summed E-state index contributed by atoms with van der Waals surface area (Å²) in [6.45, 7) is 2.56. The van der Waals surface area contributed by atoms with Gasteiger partial charge in [-0.2, -0.15) is 0 Å². The number of hydrogen-bond acceptors (Lipinski definition) is 8. The summed E-state index contributed by atoms with van der Waals surface area (Å²) in [4.78, 5) is 14.2. The molecular formula is C19H24ClN3O5S2. The maximum atomic E-state index is 12.6. The summed E-state index contributed by atoms with van der Waals surface area (Å²) in [5, 5.41) is 8.49. The summed E-state index contributed by atoms with van der Waals surface area (Å²) in [5.74, 6) is 1.41. The molecule has 1 amide bonds. The summed E-state index contributed by atoms with van der Waals surface area (Å²) >= 11 is 7.03. The first-order chi connectivity index (χ1) is 14.2. The number of thioether (sulfide) groups is 1. The Kier molecular flexibility index (Phi) is 7.65. The van der Waals surface area contributed by atoms with Crippen molar-refractivity contribution in [2.24, 2.45) is 5.92 Å². The summed E-state index contributed by atoms with van der Waals surface area (Å²) < 4.78 is 34.3. The summed E-state index contributed by atoms with van der Waals surface area (Å²) in [7, 11) is -1.22. The Balaban J connectivity index is 1.43. The number of halogens is 1. The quantitative estimate of drug-likeness (QED) is 0.512. The molecule has 1 aliphatic heterocycles. The van der Waals surface area contributed by atoms with Gasteiger partial charge in [-0.15, -0.1) is 10.2 Å². The van der Waals surface area contributed by atoms with Crippen molar-refractivity contribution >= 4 is 39.1 Å². The van der Waals surface area contributed by atoms with Gasteiger partial charge in [0.05, 0.1) is 23.3 Å². The summed E-state index contributed by atoms with van der Waals surface area (Å²) in [5.41, 5.74) is 0. The van der Waals surface area contributed by atoms with Gasteiger partial charge in [0, 0.05) is 18.5 Å². The molecule has 0 spiro atoms. The fourth-order valence-electron chi connectivity index (χ4n) is 3.10. The lowest BCUT2D eigenvalue weighted by atomic mass is 10.1. The maximum Gasteiger partial charge on any atom is 0.277 e. The van der Waals surface area contributed by atoms with E-state index in [1.807, 2.05) is 0 Å². The van der Waals surface area contributed by atoms with E-state index in [0.29, 0.717) is 47.9 Å². The molecular weight excluding hydrogens is 450 g/mol.